The van der Waals surface area contributed by atoms with Crippen molar-refractivity contribution < 1.29 is 22.8 Å². The van der Waals surface area contributed by atoms with Gasteiger partial charge < -0.3 is 0 Å². The van der Waals surface area contributed by atoms with E-state index in [0.29, 0.717) is 5.56 Å². The number of halogens is 1. The Morgan fingerprint density at radius 1 is 1.13 bits per heavy atom. The van der Waals surface area contributed by atoms with Gasteiger partial charge in [0.25, 0.3) is 15.9 Å². The van der Waals surface area contributed by atoms with E-state index in [4.69, 9.17) is 5.21 Å². The summed E-state index contributed by atoms with van der Waals surface area (Å²) >= 11 is 0. The lowest BCUT2D eigenvalue weighted by Crippen LogP contribution is -2.15. The van der Waals surface area contributed by atoms with Gasteiger partial charge in [-0.2, -0.15) is 0 Å². The molecular formula is C15H13FN2O4S. The van der Waals surface area contributed by atoms with Crippen LogP contribution in [0.1, 0.15) is 5.56 Å². The van der Waals surface area contributed by atoms with Crippen molar-refractivity contribution >= 4 is 27.7 Å². The summed E-state index contributed by atoms with van der Waals surface area (Å²) in [4.78, 5) is 10.8. The summed E-state index contributed by atoms with van der Waals surface area (Å²) in [6.45, 7) is 0. The average Bonchev–Trinajstić information content (AvgIpc) is 2.55. The van der Waals surface area contributed by atoms with Crippen LogP contribution in [0, 0.1) is 5.82 Å². The second-order valence-electron chi connectivity index (χ2n) is 4.47. The molecular weight excluding hydrogens is 323 g/mol. The molecule has 0 atom stereocenters. The van der Waals surface area contributed by atoms with E-state index in [1.54, 1.807) is 6.07 Å². The van der Waals surface area contributed by atoms with E-state index in [0.717, 1.165) is 12.1 Å². The van der Waals surface area contributed by atoms with E-state index in [1.807, 2.05) is 0 Å². The maximum absolute atomic E-state index is 13.6. The van der Waals surface area contributed by atoms with Crippen molar-refractivity contribution in [2.45, 2.75) is 4.90 Å². The van der Waals surface area contributed by atoms with Crippen LogP contribution in [0.2, 0.25) is 0 Å². The van der Waals surface area contributed by atoms with Crippen LogP contribution in [-0.2, 0) is 14.8 Å². The van der Waals surface area contributed by atoms with Crippen molar-refractivity contribution in [2.75, 3.05) is 4.72 Å². The Hall–Kier alpha value is -2.71. The smallest absolute Gasteiger partial charge is 0.267 e. The van der Waals surface area contributed by atoms with Gasteiger partial charge in [0.15, 0.2) is 0 Å². The van der Waals surface area contributed by atoms with Gasteiger partial charge in [0, 0.05) is 6.08 Å². The quantitative estimate of drug-likeness (QED) is 0.443. The van der Waals surface area contributed by atoms with Gasteiger partial charge in [-0.15, -0.1) is 0 Å². The van der Waals surface area contributed by atoms with Crippen LogP contribution < -0.4 is 10.2 Å². The molecule has 3 N–H and O–H groups in total. The number of hydrogen-bond donors (Lipinski definition) is 3. The van der Waals surface area contributed by atoms with Gasteiger partial charge in [0.2, 0.25) is 0 Å². The number of hydroxylamine groups is 1. The molecule has 120 valence electrons. The number of carbonyl (C=O) groups is 1. The Morgan fingerprint density at radius 3 is 2.57 bits per heavy atom. The molecule has 0 saturated heterocycles. The maximum atomic E-state index is 13.6. The predicted molar refractivity (Wildman–Crippen MR) is 82.6 cm³/mol. The van der Waals surface area contributed by atoms with E-state index < -0.39 is 21.7 Å². The van der Waals surface area contributed by atoms with Gasteiger partial charge in [-0.25, -0.2) is 18.3 Å². The first-order valence-electron chi connectivity index (χ1n) is 6.42. The number of hydrogen-bond acceptors (Lipinski definition) is 4. The molecule has 0 aliphatic rings. The molecule has 0 aliphatic carbocycles. The highest BCUT2D eigenvalue weighted by Gasteiger charge is 2.16. The third-order valence-corrected chi connectivity index (χ3v) is 4.19. The number of carbonyl (C=O) groups excluding carboxylic acids is 1. The minimum atomic E-state index is -3.98. The summed E-state index contributed by atoms with van der Waals surface area (Å²) in [5.41, 5.74) is 1.68. The van der Waals surface area contributed by atoms with Crippen LogP contribution >= 0.6 is 0 Å². The summed E-state index contributed by atoms with van der Waals surface area (Å²) < 4.78 is 40.3. The molecule has 0 fully saturated rings. The lowest BCUT2D eigenvalue weighted by atomic mass is 10.2. The molecule has 2 aromatic rings. The number of para-hydroxylation sites is 1. The van der Waals surface area contributed by atoms with Crippen molar-refractivity contribution in [1.29, 1.82) is 0 Å². The third-order valence-electron chi connectivity index (χ3n) is 2.82. The molecule has 1 amide bonds. The molecule has 0 aromatic heterocycles. The predicted octanol–water partition coefficient (Wildman–Crippen LogP) is 2.15. The molecule has 0 radical (unpaired) electrons. The first kappa shape index (κ1) is 16.7. The Labute approximate surface area is 132 Å². The molecule has 6 nitrogen and oxygen atoms in total. The van der Waals surface area contributed by atoms with E-state index in [2.05, 4.69) is 4.72 Å². The number of benzene rings is 2. The SMILES string of the molecule is O=C(/C=C/c1cccc(S(=O)(=O)Nc2ccccc2F)c1)NO. The van der Waals surface area contributed by atoms with E-state index in [1.165, 1.54) is 48.0 Å². The number of rotatable bonds is 5. The van der Waals surface area contributed by atoms with Crippen molar-refractivity contribution in [3.63, 3.8) is 0 Å². The van der Waals surface area contributed by atoms with Crippen molar-refractivity contribution in [3.05, 3.63) is 66.0 Å². The highest BCUT2D eigenvalue weighted by molar-refractivity contribution is 7.92. The van der Waals surface area contributed by atoms with Gasteiger partial charge >= 0.3 is 0 Å². The second-order valence-corrected chi connectivity index (χ2v) is 6.15. The molecule has 0 spiro atoms. The first-order valence-corrected chi connectivity index (χ1v) is 7.90. The van der Waals surface area contributed by atoms with Crippen LogP contribution in [-0.4, -0.2) is 19.5 Å². The zero-order valence-electron chi connectivity index (χ0n) is 11.7. The Kier molecular flexibility index (Phi) is 5.09. The number of anilines is 1. The van der Waals surface area contributed by atoms with Gasteiger partial charge in [-0.05, 0) is 35.9 Å². The first-order chi connectivity index (χ1) is 10.9. The lowest BCUT2D eigenvalue weighted by molar-refractivity contribution is -0.124. The van der Waals surface area contributed by atoms with Gasteiger partial charge in [0.05, 0.1) is 10.6 Å². The zero-order chi connectivity index (χ0) is 16.9. The highest BCUT2D eigenvalue weighted by atomic mass is 32.2. The summed E-state index contributed by atoms with van der Waals surface area (Å²) in [5, 5.41) is 8.39. The van der Waals surface area contributed by atoms with E-state index >= 15 is 0 Å². The van der Waals surface area contributed by atoms with E-state index in [-0.39, 0.29) is 10.6 Å². The summed E-state index contributed by atoms with van der Waals surface area (Å²) in [5.74, 6) is -1.44. The molecule has 23 heavy (non-hydrogen) atoms. The molecule has 2 aromatic carbocycles. The monoisotopic (exact) mass is 336 g/mol. The minimum absolute atomic E-state index is 0.0905. The lowest BCUT2D eigenvalue weighted by Gasteiger charge is -2.09. The largest absolute Gasteiger partial charge is 0.288 e. The summed E-state index contributed by atoms with van der Waals surface area (Å²) in [6, 6.07) is 11.1. The fraction of sp³-hybridized carbons (Fsp3) is 0. The molecule has 8 heteroatoms. The molecule has 0 unspecified atom stereocenters. The second kappa shape index (κ2) is 7.03. The maximum Gasteiger partial charge on any atom is 0.267 e. The van der Waals surface area contributed by atoms with Crippen molar-refractivity contribution in [3.8, 4) is 0 Å². The van der Waals surface area contributed by atoms with Crippen LogP contribution in [0.15, 0.2) is 59.5 Å². The van der Waals surface area contributed by atoms with Crippen LogP contribution in [0.5, 0.6) is 0 Å². The fourth-order valence-corrected chi connectivity index (χ4v) is 2.86. The topological polar surface area (TPSA) is 95.5 Å². The molecule has 0 heterocycles. The molecule has 2 rings (SSSR count). The van der Waals surface area contributed by atoms with Crippen molar-refractivity contribution in [2.24, 2.45) is 0 Å². The number of amides is 1. The fourth-order valence-electron chi connectivity index (χ4n) is 1.74. The molecule has 0 bridgehead atoms. The minimum Gasteiger partial charge on any atom is -0.288 e. The Balaban J connectivity index is 2.28. The molecule has 0 aliphatic heterocycles. The Bertz CT molecular complexity index is 850. The number of nitrogens with one attached hydrogen (secondary N) is 2. The normalized spacial score (nSPS) is 11.4. The van der Waals surface area contributed by atoms with E-state index in [9.17, 15) is 17.6 Å². The summed E-state index contributed by atoms with van der Waals surface area (Å²) in [6.07, 6.45) is 2.36. The van der Waals surface area contributed by atoms with Crippen LogP contribution in [0.4, 0.5) is 10.1 Å². The van der Waals surface area contributed by atoms with Crippen LogP contribution in [0.3, 0.4) is 0 Å². The molecule has 0 saturated carbocycles. The zero-order valence-corrected chi connectivity index (χ0v) is 12.5. The standard InChI is InChI=1S/C15H13FN2O4S/c16-13-6-1-2-7-14(13)18-23(21,22)12-5-3-4-11(10-12)8-9-15(19)17-20/h1-10,18,20H,(H,17,19)/b9-8+. The van der Waals surface area contributed by atoms with Gasteiger partial charge in [-0.3, -0.25) is 14.7 Å². The van der Waals surface area contributed by atoms with Gasteiger partial charge in [-0.1, -0.05) is 24.3 Å². The van der Waals surface area contributed by atoms with Gasteiger partial charge in [0.1, 0.15) is 5.82 Å². The third kappa shape index (κ3) is 4.38. The van der Waals surface area contributed by atoms with Crippen molar-refractivity contribution in [1.82, 2.24) is 5.48 Å². The average molecular weight is 336 g/mol. The summed E-state index contributed by atoms with van der Waals surface area (Å²) in [7, 11) is -3.98. The Morgan fingerprint density at radius 2 is 1.87 bits per heavy atom. The number of sulfonamides is 1. The van der Waals surface area contributed by atoms with Crippen LogP contribution in [0.25, 0.3) is 6.08 Å². The highest BCUT2D eigenvalue weighted by Crippen LogP contribution is 2.19.